The first kappa shape index (κ1) is 34.0. The van der Waals surface area contributed by atoms with Crippen LogP contribution in [0.5, 0.6) is 17.2 Å². The lowest BCUT2D eigenvalue weighted by Gasteiger charge is -2.42. The van der Waals surface area contributed by atoms with E-state index in [1.54, 1.807) is 12.1 Å². The van der Waals surface area contributed by atoms with Gasteiger partial charge in [0.1, 0.15) is 23.1 Å². The normalized spacial score (nSPS) is 17.6. The van der Waals surface area contributed by atoms with Crippen LogP contribution in [0.1, 0.15) is 32.3 Å². The van der Waals surface area contributed by atoms with E-state index >= 15 is 0 Å². The zero-order chi connectivity index (χ0) is 32.9. The van der Waals surface area contributed by atoms with Gasteiger partial charge in [-0.25, -0.2) is 12.8 Å². The van der Waals surface area contributed by atoms with Crippen LogP contribution in [0.4, 0.5) is 17.6 Å². The van der Waals surface area contributed by atoms with Crippen LogP contribution in [-0.2, 0) is 16.6 Å². The molecule has 3 aromatic rings. The predicted octanol–water partition coefficient (Wildman–Crippen LogP) is 6.16. The number of benzene rings is 3. The maximum atomic E-state index is 13.6. The molecule has 0 radical (unpaired) electrons. The molecule has 0 unspecified atom stereocenters. The Morgan fingerprint density at radius 2 is 1.37 bits per heavy atom. The number of ether oxygens (including phenoxy) is 3. The third-order valence-electron chi connectivity index (χ3n) is 8.31. The van der Waals surface area contributed by atoms with Gasteiger partial charge in [0.25, 0.3) is 0 Å². The topological polar surface area (TPSA) is 71.6 Å². The highest BCUT2D eigenvalue weighted by Gasteiger charge is 2.34. The van der Waals surface area contributed by atoms with Crippen LogP contribution in [0, 0.1) is 5.82 Å². The van der Waals surface area contributed by atoms with Gasteiger partial charge in [0, 0.05) is 38.8 Å². The fourth-order valence-electron chi connectivity index (χ4n) is 6.15. The summed E-state index contributed by atoms with van der Waals surface area (Å²) in [7, 11) is -3.83. The van der Waals surface area contributed by atoms with Crippen molar-refractivity contribution in [3.8, 4) is 28.4 Å². The van der Waals surface area contributed by atoms with E-state index in [0.29, 0.717) is 56.9 Å². The van der Waals surface area contributed by atoms with Gasteiger partial charge in [-0.2, -0.15) is 4.31 Å². The largest absolute Gasteiger partial charge is 0.573 e. The first-order valence-electron chi connectivity index (χ1n) is 15.5. The van der Waals surface area contributed by atoms with Crippen molar-refractivity contribution in [2.75, 3.05) is 52.5 Å². The van der Waals surface area contributed by atoms with E-state index in [0.717, 1.165) is 73.4 Å². The third kappa shape index (κ3) is 8.30. The van der Waals surface area contributed by atoms with Crippen molar-refractivity contribution in [1.29, 1.82) is 0 Å². The molecule has 46 heavy (non-hydrogen) atoms. The number of piperidine rings is 1. The first-order valence-corrected chi connectivity index (χ1v) is 16.9. The Hall–Kier alpha value is -3.39. The van der Waals surface area contributed by atoms with E-state index in [2.05, 4.69) is 14.5 Å². The van der Waals surface area contributed by atoms with Gasteiger partial charge in [-0.05, 0) is 99.4 Å². The van der Waals surface area contributed by atoms with Gasteiger partial charge in [0.2, 0.25) is 10.0 Å². The highest BCUT2D eigenvalue weighted by atomic mass is 32.2. The maximum Gasteiger partial charge on any atom is 0.573 e. The second-order valence-corrected chi connectivity index (χ2v) is 13.2. The van der Waals surface area contributed by atoms with Gasteiger partial charge in [0.05, 0.1) is 23.7 Å². The van der Waals surface area contributed by atoms with Crippen molar-refractivity contribution >= 4 is 10.0 Å². The Bertz CT molecular complexity index is 1530. The monoisotopic (exact) mass is 665 g/mol. The number of alkyl halides is 3. The Labute approximate surface area is 267 Å². The number of halogens is 4. The van der Waals surface area contributed by atoms with Crippen molar-refractivity contribution in [3.05, 3.63) is 72.0 Å². The van der Waals surface area contributed by atoms with E-state index in [9.17, 15) is 26.0 Å². The number of sulfonamides is 1. The van der Waals surface area contributed by atoms with E-state index in [1.807, 2.05) is 26.0 Å². The third-order valence-corrected chi connectivity index (χ3v) is 10.2. The Balaban J connectivity index is 1.17. The molecule has 13 heteroatoms. The van der Waals surface area contributed by atoms with Crippen LogP contribution >= 0.6 is 0 Å². The fourth-order valence-corrected chi connectivity index (χ4v) is 7.57. The van der Waals surface area contributed by atoms with Gasteiger partial charge in [0.15, 0.2) is 0 Å². The summed E-state index contributed by atoms with van der Waals surface area (Å²) in [6.07, 6.45) is -2.96. The average Bonchev–Trinajstić information content (AvgIpc) is 3.02. The minimum absolute atomic E-state index is 0.0607. The minimum Gasteiger partial charge on any atom is -0.493 e. The van der Waals surface area contributed by atoms with Crippen LogP contribution in [0.15, 0.2) is 65.6 Å². The molecule has 0 aliphatic carbocycles. The molecule has 2 heterocycles. The SMILES string of the molecule is CCOc1cc(CN2CCC(N3CCN(S(=O)(=O)c4ccc(OC(F)(F)F)cc4)CC3)CC2)cc(OCC)c1-c1ccc(F)cc1. The van der Waals surface area contributed by atoms with Crippen molar-refractivity contribution in [1.82, 2.24) is 14.1 Å². The molecule has 0 spiro atoms. The van der Waals surface area contributed by atoms with Gasteiger partial charge in [-0.15, -0.1) is 13.2 Å². The Kier molecular flexibility index (Phi) is 10.8. The lowest BCUT2D eigenvalue weighted by molar-refractivity contribution is -0.274. The summed E-state index contributed by atoms with van der Waals surface area (Å²) < 4.78 is 94.6. The van der Waals surface area contributed by atoms with Gasteiger partial charge in [-0.3, -0.25) is 9.80 Å². The molecule has 2 fully saturated rings. The molecule has 2 saturated heterocycles. The highest BCUT2D eigenvalue weighted by molar-refractivity contribution is 7.89. The zero-order valence-corrected chi connectivity index (χ0v) is 26.7. The van der Waals surface area contributed by atoms with Crippen molar-refractivity contribution in [2.24, 2.45) is 0 Å². The van der Waals surface area contributed by atoms with Crippen LogP contribution in [0.25, 0.3) is 11.1 Å². The van der Waals surface area contributed by atoms with Crippen molar-refractivity contribution in [3.63, 3.8) is 0 Å². The Morgan fingerprint density at radius 1 is 0.804 bits per heavy atom. The standard InChI is InChI=1S/C33H39F4N3O5S/c1-3-43-30-21-24(22-31(44-4-2)32(30)25-5-7-26(34)8-6-25)23-38-15-13-27(14-16-38)39-17-19-40(20-18-39)46(41,42)29-11-9-28(10-12-29)45-33(35,36)37/h5-12,21-22,27H,3-4,13-20,23H2,1-2H3. The summed E-state index contributed by atoms with van der Waals surface area (Å²) in [6, 6.07) is 15.0. The average molecular weight is 666 g/mol. The smallest absolute Gasteiger partial charge is 0.493 e. The molecule has 0 amide bonds. The lowest BCUT2D eigenvalue weighted by Crippen LogP contribution is -2.54. The number of rotatable bonds is 11. The molecule has 8 nitrogen and oxygen atoms in total. The molecule has 0 N–H and O–H groups in total. The summed E-state index contributed by atoms with van der Waals surface area (Å²) in [6.45, 7) is 9.07. The molecule has 250 valence electrons. The molecular weight excluding hydrogens is 626 g/mol. The van der Waals surface area contributed by atoms with Crippen LogP contribution in [0.3, 0.4) is 0 Å². The number of piperazine rings is 1. The molecule has 2 aliphatic heterocycles. The number of hydrogen-bond acceptors (Lipinski definition) is 7. The number of hydrogen-bond donors (Lipinski definition) is 0. The van der Waals surface area contributed by atoms with E-state index in [-0.39, 0.29) is 10.7 Å². The highest BCUT2D eigenvalue weighted by Crippen LogP contribution is 2.40. The summed E-state index contributed by atoms with van der Waals surface area (Å²) in [5.74, 6) is 0.625. The quantitative estimate of drug-likeness (QED) is 0.227. The summed E-state index contributed by atoms with van der Waals surface area (Å²) >= 11 is 0. The molecule has 0 atom stereocenters. The molecule has 3 aromatic carbocycles. The minimum atomic E-state index is -4.84. The van der Waals surface area contributed by atoms with Crippen LogP contribution in [0.2, 0.25) is 0 Å². The zero-order valence-electron chi connectivity index (χ0n) is 25.9. The maximum absolute atomic E-state index is 13.6. The summed E-state index contributed by atoms with van der Waals surface area (Å²) in [5.41, 5.74) is 2.69. The molecule has 2 aliphatic rings. The van der Waals surface area contributed by atoms with Crippen LogP contribution < -0.4 is 14.2 Å². The molecular formula is C33H39F4N3O5S. The predicted molar refractivity (Wildman–Crippen MR) is 166 cm³/mol. The van der Waals surface area contributed by atoms with Gasteiger partial charge in [-0.1, -0.05) is 12.1 Å². The van der Waals surface area contributed by atoms with Crippen LogP contribution in [-0.4, -0.2) is 87.4 Å². The summed E-state index contributed by atoms with van der Waals surface area (Å²) in [4.78, 5) is 4.66. The lowest BCUT2D eigenvalue weighted by atomic mass is 9.99. The number of likely N-dealkylation sites (tertiary alicyclic amines) is 1. The number of nitrogens with zero attached hydrogens (tertiary/aromatic N) is 3. The second kappa shape index (κ2) is 14.6. The van der Waals surface area contributed by atoms with E-state index < -0.39 is 22.1 Å². The van der Waals surface area contributed by atoms with Gasteiger partial charge >= 0.3 is 6.36 Å². The Morgan fingerprint density at radius 3 is 1.89 bits per heavy atom. The van der Waals surface area contributed by atoms with Gasteiger partial charge < -0.3 is 14.2 Å². The van der Waals surface area contributed by atoms with E-state index in [4.69, 9.17) is 9.47 Å². The molecule has 0 bridgehead atoms. The first-order chi connectivity index (χ1) is 22.0. The molecule has 0 aromatic heterocycles. The van der Waals surface area contributed by atoms with Crippen molar-refractivity contribution < 1.29 is 40.2 Å². The molecule has 5 rings (SSSR count). The van der Waals surface area contributed by atoms with E-state index in [1.165, 1.54) is 16.4 Å². The summed E-state index contributed by atoms with van der Waals surface area (Å²) in [5, 5.41) is 0. The fraction of sp³-hybridized carbons (Fsp3) is 0.455. The van der Waals surface area contributed by atoms with Crippen molar-refractivity contribution in [2.45, 2.75) is 50.5 Å². The second-order valence-electron chi connectivity index (χ2n) is 11.3. The molecule has 0 saturated carbocycles.